The number of rotatable bonds is 3. The molecule has 0 bridgehead atoms. The number of aryl methyl sites for hydroxylation is 1. The maximum absolute atomic E-state index is 13.8. The van der Waals surface area contributed by atoms with Crippen LogP contribution in [0.15, 0.2) is 42.9 Å². The van der Waals surface area contributed by atoms with Crippen molar-refractivity contribution in [2.24, 2.45) is 0 Å². The van der Waals surface area contributed by atoms with Crippen molar-refractivity contribution in [3.63, 3.8) is 0 Å². The monoisotopic (exact) mass is 271 g/mol. The fourth-order valence-corrected chi connectivity index (χ4v) is 2.03. The summed E-state index contributed by atoms with van der Waals surface area (Å²) in [6.07, 6.45) is 5.18. The molecule has 0 aliphatic rings. The van der Waals surface area contributed by atoms with Gasteiger partial charge in [0.25, 0.3) is 0 Å². The van der Waals surface area contributed by atoms with Gasteiger partial charge in [0.15, 0.2) is 0 Å². The first kappa shape index (κ1) is 12.4. The highest BCUT2D eigenvalue weighted by atomic mass is 19.1. The van der Waals surface area contributed by atoms with Gasteiger partial charge in [-0.2, -0.15) is 10.2 Å². The Hall–Kier alpha value is -2.63. The lowest BCUT2D eigenvalue weighted by molar-refractivity contribution is 0.611. The molecule has 0 saturated carbocycles. The highest BCUT2D eigenvalue weighted by molar-refractivity contribution is 5.71. The van der Waals surface area contributed by atoms with E-state index in [1.54, 1.807) is 35.3 Å². The summed E-state index contributed by atoms with van der Waals surface area (Å²) >= 11 is 0. The number of halogens is 1. The molecule has 3 rings (SSSR count). The molecule has 0 aliphatic carbocycles. The van der Waals surface area contributed by atoms with Crippen LogP contribution >= 0.6 is 0 Å². The summed E-state index contributed by atoms with van der Waals surface area (Å²) in [5.41, 5.74) is 8.25. The quantitative estimate of drug-likeness (QED) is 0.796. The molecule has 20 heavy (non-hydrogen) atoms. The van der Waals surface area contributed by atoms with Crippen molar-refractivity contribution in [1.82, 2.24) is 19.6 Å². The Morgan fingerprint density at radius 2 is 2.05 bits per heavy atom. The van der Waals surface area contributed by atoms with E-state index in [1.807, 2.05) is 13.1 Å². The number of hydrogen-bond donors (Lipinski definition) is 1. The van der Waals surface area contributed by atoms with E-state index in [9.17, 15) is 4.39 Å². The van der Waals surface area contributed by atoms with Gasteiger partial charge in [0, 0.05) is 18.3 Å². The highest BCUT2D eigenvalue weighted by Crippen LogP contribution is 2.25. The zero-order valence-electron chi connectivity index (χ0n) is 11.0. The largest absolute Gasteiger partial charge is 0.396 e. The number of benzene rings is 1. The molecule has 2 N–H and O–H groups in total. The molecule has 2 heterocycles. The van der Waals surface area contributed by atoms with Crippen molar-refractivity contribution in [3.05, 3.63) is 48.7 Å². The third-order valence-electron chi connectivity index (χ3n) is 3.07. The molecule has 2 aromatic heterocycles. The number of anilines is 1. The van der Waals surface area contributed by atoms with E-state index in [4.69, 9.17) is 5.73 Å². The van der Waals surface area contributed by atoms with Gasteiger partial charge in [0.1, 0.15) is 17.2 Å². The lowest BCUT2D eigenvalue weighted by Crippen LogP contribution is -1.97. The van der Waals surface area contributed by atoms with E-state index in [1.165, 1.54) is 10.7 Å². The van der Waals surface area contributed by atoms with E-state index in [2.05, 4.69) is 10.2 Å². The summed E-state index contributed by atoms with van der Waals surface area (Å²) in [5, 5.41) is 8.55. The summed E-state index contributed by atoms with van der Waals surface area (Å²) in [5.74, 6) is -0.342. The standard InChI is InChI=1S/C14H14FN5/c1-2-19-8-10(7-17-19)14-12(16)9-20(18-14)13-6-4-3-5-11(13)15/h3-9H,2,16H2,1H3. The van der Waals surface area contributed by atoms with Crippen molar-refractivity contribution in [1.29, 1.82) is 0 Å². The smallest absolute Gasteiger partial charge is 0.148 e. The molecule has 3 aromatic rings. The predicted octanol–water partition coefficient (Wildman–Crippen LogP) is 2.48. The molecule has 5 nitrogen and oxygen atoms in total. The number of aromatic nitrogens is 4. The van der Waals surface area contributed by atoms with Gasteiger partial charge in [-0.25, -0.2) is 9.07 Å². The van der Waals surface area contributed by atoms with Crippen LogP contribution in [0.5, 0.6) is 0 Å². The zero-order valence-corrected chi connectivity index (χ0v) is 11.0. The van der Waals surface area contributed by atoms with Gasteiger partial charge >= 0.3 is 0 Å². The van der Waals surface area contributed by atoms with Gasteiger partial charge in [0.2, 0.25) is 0 Å². The third kappa shape index (κ3) is 2.05. The van der Waals surface area contributed by atoms with Crippen LogP contribution in [-0.4, -0.2) is 19.6 Å². The van der Waals surface area contributed by atoms with E-state index in [0.29, 0.717) is 17.1 Å². The molecule has 0 fully saturated rings. The van der Waals surface area contributed by atoms with E-state index >= 15 is 0 Å². The summed E-state index contributed by atoms with van der Waals surface area (Å²) < 4.78 is 17.0. The van der Waals surface area contributed by atoms with E-state index in [-0.39, 0.29) is 5.82 Å². The molecule has 102 valence electrons. The number of nitrogens with two attached hydrogens (primary N) is 1. The Balaban J connectivity index is 2.05. The van der Waals surface area contributed by atoms with E-state index in [0.717, 1.165) is 12.1 Å². The van der Waals surface area contributed by atoms with E-state index < -0.39 is 0 Å². The van der Waals surface area contributed by atoms with Crippen LogP contribution in [0, 0.1) is 5.82 Å². The summed E-state index contributed by atoms with van der Waals surface area (Å²) in [7, 11) is 0. The second-order valence-corrected chi connectivity index (χ2v) is 4.41. The fraction of sp³-hybridized carbons (Fsp3) is 0.143. The zero-order chi connectivity index (χ0) is 14.1. The van der Waals surface area contributed by atoms with Crippen molar-refractivity contribution < 1.29 is 4.39 Å². The summed E-state index contributed by atoms with van der Waals surface area (Å²) in [4.78, 5) is 0. The van der Waals surface area contributed by atoms with Crippen LogP contribution in [0.3, 0.4) is 0 Å². The molecule has 0 aliphatic heterocycles. The second-order valence-electron chi connectivity index (χ2n) is 4.41. The third-order valence-corrected chi connectivity index (χ3v) is 3.07. The number of hydrogen-bond acceptors (Lipinski definition) is 3. The molecule has 0 spiro atoms. The topological polar surface area (TPSA) is 61.7 Å². The van der Waals surface area contributed by atoms with Crippen molar-refractivity contribution in [2.45, 2.75) is 13.5 Å². The van der Waals surface area contributed by atoms with Gasteiger partial charge in [-0.1, -0.05) is 12.1 Å². The Morgan fingerprint density at radius 3 is 2.75 bits per heavy atom. The molecule has 0 radical (unpaired) electrons. The minimum absolute atomic E-state index is 0.342. The lowest BCUT2D eigenvalue weighted by Gasteiger charge is -2.01. The Bertz CT molecular complexity index is 744. The van der Waals surface area contributed by atoms with Gasteiger partial charge in [-0.3, -0.25) is 4.68 Å². The Morgan fingerprint density at radius 1 is 1.25 bits per heavy atom. The molecular weight excluding hydrogens is 257 g/mol. The predicted molar refractivity (Wildman–Crippen MR) is 74.8 cm³/mol. The van der Waals surface area contributed by atoms with Gasteiger partial charge in [-0.15, -0.1) is 0 Å². The van der Waals surface area contributed by atoms with Gasteiger partial charge < -0.3 is 5.73 Å². The minimum Gasteiger partial charge on any atom is -0.396 e. The van der Waals surface area contributed by atoms with Crippen LogP contribution in [0.2, 0.25) is 0 Å². The number of nitrogen functional groups attached to an aromatic ring is 1. The van der Waals surface area contributed by atoms with Crippen LogP contribution < -0.4 is 5.73 Å². The molecular formula is C14H14FN5. The number of nitrogens with zero attached hydrogens (tertiary/aromatic N) is 4. The maximum atomic E-state index is 13.8. The van der Waals surface area contributed by atoms with Crippen LogP contribution in [0.25, 0.3) is 16.9 Å². The molecule has 6 heteroatoms. The van der Waals surface area contributed by atoms with Crippen LogP contribution in [0.1, 0.15) is 6.92 Å². The summed E-state index contributed by atoms with van der Waals surface area (Å²) in [6.45, 7) is 2.77. The average Bonchev–Trinajstić information content (AvgIpc) is 3.05. The second kappa shape index (κ2) is 4.80. The molecule has 0 amide bonds. The molecule has 0 unspecified atom stereocenters. The normalized spacial score (nSPS) is 10.9. The van der Waals surface area contributed by atoms with Gasteiger partial charge in [-0.05, 0) is 19.1 Å². The van der Waals surface area contributed by atoms with Crippen LogP contribution in [-0.2, 0) is 6.54 Å². The molecule has 0 atom stereocenters. The first-order valence-corrected chi connectivity index (χ1v) is 6.32. The first-order valence-electron chi connectivity index (χ1n) is 6.32. The maximum Gasteiger partial charge on any atom is 0.148 e. The minimum atomic E-state index is -0.342. The van der Waals surface area contributed by atoms with Crippen molar-refractivity contribution in [2.75, 3.05) is 5.73 Å². The fourth-order valence-electron chi connectivity index (χ4n) is 2.03. The Kier molecular flexibility index (Phi) is 2.98. The van der Waals surface area contributed by atoms with Crippen molar-refractivity contribution >= 4 is 5.69 Å². The molecule has 1 aromatic carbocycles. The average molecular weight is 271 g/mol. The SMILES string of the molecule is CCn1cc(-c2nn(-c3ccccc3F)cc2N)cn1. The van der Waals surface area contributed by atoms with Gasteiger partial charge in [0.05, 0.1) is 18.1 Å². The highest BCUT2D eigenvalue weighted by Gasteiger charge is 2.13. The van der Waals surface area contributed by atoms with Crippen molar-refractivity contribution in [3.8, 4) is 16.9 Å². The number of para-hydroxylation sites is 1. The molecule has 0 saturated heterocycles. The van der Waals surface area contributed by atoms with Crippen LogP contribution in [0.4, 0.5) is 10.1 Å². The summed E-state index contributed by atoms with van der Waals surface area (Å²) in [6, 6.07) is 6.44. The Labute approximate surface area is 115 Å². The lowest BCUT2D eigenvalue weighted by atomic mass is 10.2. The first-order chi connectivity index (χ1) is 9.69.